The van der Waals surface area contributed by atoms with Crippen molar-refractivity contribution in [2.75, 3.05) is 0 Å². The van der Waals surface area contributed by atoms with Gasteiger partial charge in [-0.15, -0.1) is 0 Å². The summed E-state index contributed by atoms with van der Waals surface area (Å²) < 4.78 is 0. The summed E-state index contributed by atoms with van der Waals surface area (Å²) in [6, 6.07) is 17.5. The predicted octanol–water partition coefficient (Wildman–Crippen LogP) is 2.50. The summed E-state index contributed by atoms with van der Waals surface area (Å²) in [6.45, 7) is 0. The van der Waals surface area contributed by atoms with Crippen LogP contribution in [0.1, 0.15) is 22.3 Å². The summed E-state index contributed by atoms with van der Waals surface area (Å²) >= 11 is 0. The van der Waals surface area contributed by atoms with E-state index in [-0.39, 0.29) is 11.8 Å². The van der Waals surface area contributed by atoms with Gasteiger partial charge in [0.15, 0.2) is 0 Å². The van der Waals surface area contributed by atoms with Crippen LogP contribution in [-0.2, 0) is 9.68 Å². The van der Waals surface area contributed by atoms with Gasteiger partial charge >= 0.3 is 0 Å². The Hall–Kier alpha value is -3.64. The fourth-order valence-corrected chi connectivity index (χ4v) is 1.79. The van der Waals surface area contributed by atoms with Crippen molar-refractivity contribution in [3.05, 3.63) is 70.8 Å². The van der Waals surface area contributed by atoms with Gasteiger partial charge < -0.3 is 9.68 Å². The van der Waals surface area contributed by atoms with Crippen LogP contribution in [0.4, 0.5) is 0 Å². The highest BCUT2D eigenvalue weighted by molar-refractivity contribution is 5.99. The minimum absolute atomic E-state index is 0.210. The molecule has 6 heteroatoms. The predicted molar refractivity (Wildman–Crippen MR) is 77.6 cm³/mol. The highest BCUT2D eigenvalue weighted by Crippen LogP contribution is 2.13. The van der Waals surface area contributed by atoms with Crippen LogP contribution in [0, 0.1) is 22.7 Å². The number of benzene rings is 2. The maximum atomic E-state index is 8.76. The quantitative estimate of drug-likeness (QED) is 0.848. The maximum absolute atomic E-state index is 8.76. The Balaban J connectivity index is 1.75. The van der Waals surface area contributed by atoms with Crippen LogP contribution in [0.5, 0.6) is 0 Å². The van der Waals surface area contributed by atoms with E-state index < -0.39 is 0 Å². The van der Waals surface area contributed by atoms with Gasteiger partial charge in [-0.1, -0.05) is 0 Å². The SMILES string of the molecule is N#Cc1ccc(C2=NOC(c3ccc(C#N)cc3)=NO2)cc1. The average molecular weight is 288 g/mol. The van der Waals surface area contributed by atoms with E-state index >= 15 is 0 Å². The molecule has 0 aliphatic carbocycles. The monoisotopic (exact) mass is 288 g/mol. The molecule has 1 aliphatic rings. The van der Waals surface area contributed by atoms with Crippen LogP contribution in [-0.4, -0.2) is 11.8 Å². The number of nitrogens with zero attached hydrogens (tertiary/aromatic N) is 4. The van der Waals surface area contributed by atoms with Gasteiger partial charge in [0.25, 0.3) is 11.8 Å². The first-order chi connectivity index (χ1) is 10.8. The van der Waals surface area contributed by atoms with Gasteiger partial charge in [0, 0.05) is 11.1 Å². The van der Waals surface area contributed by atoms with Gasteiger partial charge in [-0.25, -0.2) is 0 Å². The van der Waals surface area contributed by atoms with Crippen molar-refractivity contribution in [1.29, 1.82) is 10.5 Å². The molecule has 0 saturated heterocycles. The zero-order valence-corrected chi connectivity index (χ0v) is 11.2. The summed E-state index contributed by atoms with van der Waals surface area (Å²) in [5.41, 5.74) is 2.40. The first kappa shape index (κ1) is 13.3. The Bertz CT molecular complexity index is 764. The summed E-state index contributed by atoms with van der Waals surface area (Å²) in [4.78, 5) is 10.5. The maximum Gasteiger partial charge on any atom is 0.291 e. The number of hydrogen-bond donors (Lipinski definition) is 0. The first-order valence-electron chi connectivity index (χ1n) is 6.31. The molecule has 2 aromatic carbocycles. The molecule has 0 fully saturated rings. The Labute approximate surface area is 126 Å². The van der Waals surface area contributed by atoms with E-state index in [9.17, 15) is 0 Å². The van der Waals surface area contributed by atoms with Crippen molar-refractivity contribution >= 4 is 11.8 Å². The van der Waals surface area contributed by atoms with Gasteiger partial charge in [0.1, 0.15) is 0 Å². The summed E-state index contributed by atoms with van der Waals surface area (Å²) in [5, 5.41) is 25.3. The minimum atomic E-state index is 0.210. The van der Waals surface area contributed by atoms with E-state index in [2.05, 4.69) is 10.3 Å². The lowest BCUT2D eigenvalue weighted by molar-refractivity contribution is 0.219. The molecule has 0 aromatic heterocycles. The molecule has 6 nitrogen and oxygen atoms in total. The Kier molecular flexibility index (Phi) is 3.51. The molecule has 22 heavy (non-hydrogen) atoms. The molecular formula is C16H8N4O2. The van der Waals surface area contributed by atoms with Gasteiger partial charge in [0.05, 0.1) is 23.3 Å². The molecule has 1 aliphatic heterocycles. The Morgan fingerprint density at radius 3 is 1.27 bits per heavy atom. The summed E-state index contributed by atoms with van der Waals surface area (Å²) in [6.07, 6.45) is 0. The number of oxime groups is 2. The number of hydrogen-bond acceptors (Lipinski definition) is 6. The molecule has 1 heterocycles. The third-order valence-electron chi connectivity index (χ3n) is 2.95. The number of nitriles is 2. The second-order valence-corrected chi connectivity index (χ2v) is 4.35. The standard InChI is InChI=1S/C16H8N4O2/c17-9-11-1-5-13(6-2-11)15-19-22-16(20-21-15)14-7-3-12(10-18)4-8-14/h1-8H. The van der Waals surface area contributed by atoms with Gasteiger partial charge in [0.2, 0.25) is 0 Å². The molecule has 0 N–H and O–H groups in total. The summed E-state index contributed by atoms with van der Waals surface area (Å²) in [7, 11) is 0. The van der Waals surface area contributed by atoms with Gasteiger partial charge in [-0.3, -0.25) is 0 Å². The lowest BCUT2D eigenvalue weighted by atomic mass is 10.1. The zero-order valence-electron chi connectivity index (χ0n) is 11.2. The molecule has 0 saturated carbocycles. The lowest BCUT2D eigenvalue weighted by Gasteiger charge is -2.11. The largest absolute Gasteiger partial charge is 0.329 e. The van der Waals surface area contributed by atoms with E-state index in [1.54, 1.807) is 48.5 Å². The highest BCUT2D eigenvalue weighted by Gasteiger charge is 2.16. The van der Waals surface area contributed by atoms with Crippen molar-refractivity contribution < 1.29 is 9.68 Å². The number of rotatable bonds is 2. The first-order valence-corrected chi connectivity index (χ1v) is 6.31. The van der Waals surface area contributed by atoms with Crippen LogP contribution in [0.3, 0.4) is 0 Å². The normalized spacial score (nSPS) is 12.8. The molecule has 0 unspecified atom stereocenters. The molecule has 2 aromatic rings. The molecule has 104 valence electrons. The molecular weight excluding hydrogens is 280 g/mol. The second-order valence-electron chi connectivity index (χ2n) is 4.35. The molecule has 0 radical (unpaired) electrons. The van der Waals surface area contributed by atoms with Crippen molar-refractivity contribution in [2.24, 2.45) is 10.3 Å². The van der Waals surface area contributed by atoms with Crippen LogP contribution in [0.2, 0.25) is 0 Å². The average Bonchev–Trinajstić information content (AvgIpc) is 2.62. The summed E-state index contributed by atoms with van der Waals surface area (Å²) in [5.74, 6) is 0.420. The topological polar surface area (TPSA) is 90.8 Å². The highest BCUT2D eigenvalue weighted by atomic mass is 16.7. The van der Waals surface area contributed by atoms with Crippen molar-refractivity contribution in [2.45, 2.75) is 0 Å². The van der Waals surface area contributed by atoms with Crippen LogP contribution in [0.15, 0.2) is 58.8 Å². The fourth-order valence-electron chi connectivity index (χ4n) is 1.79. The fraction of sp³-hybridized carbons (Fsp3) is 0. The smallest absolute Gasteiger partial charge is 0.291 e. The molecule has 0 atom stereocenters. The third kappa shape index (κ3) is 2.62. The van der Waals surface area contributed by atoms with Gasteiger partial charge in [-0.05, 0) is 58.8 Å². The van der Waals surface area contributed by atoms with Crippen LogP contribution < -0.4 is 0 Å². The van der Waals surface area contributed by atoms with Crippen LogP contribution in [0.25, 0.3) is 0 Å². The van der Waals surface area contributed by atoms with Crippen molar-refractivity contribution in [3.63, 3.8) is 0 Å². The Morgan fingerprint density at radius 2 is 1.00 bits per heavy atom. The molecule has 0 amide bonds. The lowest BCUT2D eigenvalue weighted by Crippen LogP contribution is -2.15. The van der Waals surface area contributed by atoms with E-state index in [1.807, 2.05) is 12.1 Å². The van der Waals surface area contributed by atoms with E-state index in [0.29, 0.717) is 22.3 Å². The van der Waals surface area contributed by atoms with Crippen molar-refractivity contribution in [3.8, 4) is 12.1 Å². The third-order valence-corrected chi connectivity index (χ3v) is 2.95. The molecule has 0 spiro atoms. The van der Waals surface area contributed by atoms with Gasteiger partial charge in [-0.2, -0.15) is 10.5 Å². The van der Waals surface area contributed by atoms with E-state index in [4.69, 9.17) is 20.2 Å². The zero-order chi connectivity index (χ0) is 15.4. The molecule has 3 rings (SSSR count). The van der Waals surface area contributed by atoms with Crippen LogP contribution >= 0.6 is 0 Å². The van der Waals surface area contributed by atoms with Crippen molar-refractivity contribution in [1.82, 2.24) is 0 Å². The second kappa shape index (κ2) is 5.78. The Morgan fingerprint density at radius 1 is 0.636 bits per heavy atom. The molecule has 0 bridgehead atoms. The minimum Gasteiger partial charge on any atom is -0.329 e. The van der Waals surface area contributed by atoms with E-state index in [0.717, 1.165) is 0 Å². The van der Waals surface area contributed by atoms with E-state index in [1.165, 1.54) is 0 Å².